The number of rotatable bonds is 12. The third-order valence-corrected chi connectivity index (χ3v) is 4.36. The normalized spacial score (nSPS) is 16.5. The van der Waals surface area contributed by atoms with Gasteiger partial charge in [-0.2, -0.15) is 0 Å². The predicted octanol–water partition coefficient (Wildman–Crippen LogP) is 3.93. The minimum absolute atomic E-state index is 0.952. The van der Waals surface area contributed by atoms with Crippen LogP contribution in [0.3, 0.4) is 0 Å². The van der Waals surface area contributed by atoms with Gasteiger partial charge in [0.25, 0.3) is 0 Å². The molecule has 2 atom stereocenters. The van der Waals surface area contributed by atoms with Crippen LogP contribution < -0.4 is 4.90 Å². The summed E-state index contributed by atoms with van der Waals surface area (Å²) in [7, 11) is 2.41. The van der Waals surface area contributed by atoms with Crippen molar-refractivity contribution in [2.24, 2.45) is 11.8 Å². The van der Waals surface area contributed by atoms with Crippen LogP contribution in [-0.4, -0.2) is 20.1 Å². The van der Waals surface area contributed by atoms with Crippen molar-refractivity contribution >= 4 is 0 Å². The van der Waals surface area contributed by atoms with E-state index in [1.54, 1.807) is 4.90 Å². The Balaban J connectivity index is 3.92. The van der Waals surface area contributed by atoms with Crippen molar-refractivity contribution in [1.82, 2.24) is 0 Å². The van der Waals surface area contributed by atoms with Crippen LogP contribution >= 0.6 is 0 Å². The molecule has 0 spiro atoms. The van der Waals surface area contributed by atoms with Gasteiger partial charge in [0.1, 0.15) is 0 Å². The minimum atomic E-state index is 0.952. The highest BCUT2D eigenvalue weighted by Crippen LogP contribution is 2.12. The second kappa shape index (κ2) is 12.0. The molecule has 0 saturated carbocycles. The van der Waals surface area contributed by atoms with E-state index in [1.807, 2.05) is 0 Å². The summed E-state index contributed by atoms with van der Waals surface area (Å²) >= 11 is 0. The van der Waals surface area contributed by atoms with Crippen LogP contribution in [0, 0.1) is 11.8 Å². The molecule has 1 heteroatoms. The molecule has 0 aliphatic heterocycles. The zero-order valence-electron chi connectivity index (χ0n) is 13.7. The molecule has 0 aromatic rings. The lowest BCUT2D eigenvalue weighted by Gasteiger charge is -2.24. The molecule has 0 aliphatic rings. The molecule has 0 fully saturated rings. The smallest absolute Gasteiger partial charge is 0.0797 e. The third-order valence-electron chi connectivity index (χ3n) is 4.36. The Hall–Kier alpha value is -0.0400. The maximum absolute atomic E-state index is 2.41. The second-order valence-electron chi connectivity index (χ2n) is 6.20. The predicted molar refractivity (Wildman–Crippen MR) is 83.2 cm³/mol. The van der Waals surface area contributed by atoms with Crippen LogP contribution in [0.4, 0.5) is 0 Å². The van der Waals surface area contributed by atoms with E-state index >= 15 is 0 Å². The Morgan fingerprint density at radius 3 is 1.39 bits per heavy atom. The lowest BCUT2D eigenvalue weighted by Crippen LogP contribution is -3.10. The van der Waals surface area contributed by atoms with E-state index in [0.717, 1.165) is 11.8 Å². The summed E-state index contributed by atoms with van der Waals surface area (Å²) in [5.74, 6) is 1.90. The molecule has 0 rings (SSSR count). The maximum Gasteiger partial charge on any atom is 0.0797 e. The van der Waals surface area contributed by atoms with Crippen LogP contribution in [-0.2, 0) is 0 Å². The van der Waals surface area contributed by atoms with Gasteiger partial charge in [-0.1, -0.05) is 53.4 Å². The molecule has 110 valence electrons. The summed E-state index contributed by atoms with van der Waals surface area (Å²) in [6, 6.07) is 0. The summed E-state index contributed by atoms with van der Waals surface area (Å²) in [5.41, 5.74) is 0. The van der Waals surface area contributed by atoms with Crippen molar-refractivity contribution in [3.63, 3.8) is 0 Å². The third kappa shape index (κ3) is 8.97. The zero-order valence-corrected chi connectivity index (χ0v) is 13.7. The highest BCUT2D eigenvalue weighted by Gasteiger charge is 2.16. The van der Waals surface area contributed by atoms with Crippen LogP contribution in [0.5, 0.6) is 0 Å². The van der Waals surface area contributed by atoms with Gasteiger partial charge in [-0.15, -0.1) is 0 Å². The van der Waals surface area contributed by atoms with Crippen LogP contribution in [0.25, 0.3) is 0 Å². The molecule has 0 aromatic carbocycles. The second-order valence-corrected chi connectivity index (χ2v) is 6.20. The van der Waals surface area contributed by atoms with Gasteiger partial charge in [-0.25, -0.2) is 0 Å². The van der Waals surface area contributed by atoms with Gasteiger partial charge in [0.2, 0.25) is 0 Å². The molecule has 0 radical (unpaired) electrons. The first kappa shape index (κ1) is 18.0. The summed E-state index contributed by atoms with van der Waals surface area (Å²) in [4.78, 5) is 1.76. The maximum atomic E-state index is 2.41. The van der Waals surface area contributed by atoms with Gasteiger partial charge in [0.15, 0.2) is 0 Å². The molecule has 0 heterocycles. The van der Waals surface area contributed by atoms with E-state index in [-0.39, 0.29) is 0 Å². The Morgan fingerprint density at radius 2 is 1.11 bits per heavy atom. The fourth-order valence-electron chi connectivity index (χ4n) is 2.96. The molecule has 0 saturated heterocycles. The number of quaternary nitrogens is 1. The Kier molecular flexibility index (Phi) is 12.0. The van der Waals surface area contributed by atoms with Crippen LogP contribution in [0.1, 0.15) is 79.1 Å². The van der Waals surface area contributed by atoms with Crippen molar-refractivity contribution in [1.29, 1.82) is 0 Å². The van der Waals surface area contributed by atoms with E-state index in [9.17, 15) is 0 Å². The summed E-state index contributed by atoms with van der Waals surface area (Å²) in [5, 5.41) is 0. The Labute approximate surface area is 116 Å². The molecule has 1 nitrogen and oxygen atoms in total. The molecule has 2 unspecified atom stereocenters. The highest BCUT2D eigenvalue weighted by molar-refractivity contribution is 4.58. The fourth-order valence-corrected chi connectivity index (χ4v) is 2.96. The quantitative estimate of drug-likeness (QED) is 0.539. The first-order valence-electron chi connectivity index (χ1n) is 8.49. The minimum Gasteiger partial charge on any atom is -0.337 e. The van der Waals surface area contributed by atoms with Crippen molar-refractivity contribution in [3.8, 4) is 0 Å². The summed E-state index contributed by atoms with van der Waals surface area (Å²) in [6.45, 7) is 12.1. The Bertz CT molecular complexity index is 149. The van der Waals surface area contributed by atoms with Crippen molar-refractivity contribution in [3.05, 3.63) is 0 Å². The fraction of sp³-hybridized carbons (Fsp3) is 1.00. The van der Waals surface area contributed by atoms with E-state index in [2.05, 4.69) is 34.7 Å². The number of hydrogen-bond acceptors (Lipinski definition) is 0. The number of hydrogen-bond donors (Lipinski definition) is 1. The van der Waals surface area contributed by atoms with Crippen molar-refractivity contribution < 1.29 is 4.90 Å². The van der Waals surface area contributed by atoms with Gasteiger partial charge in [0.05, 0.1) is 20.1 Å². The average Bonchev–Trinajstić information content (AvgIpc) is 2.39. The SMILES string of the molecule is CCCCC(CC)C[NH+](C)CC(CC)CCCC. The molecule has 0 aromatic heterocycles. The van der Waals surface area contributed by atoms with Crippen LogP contribution in [0.15, 0.2) is 0 Å². The topological polar surface area (TPSA) is 4.44 Å². The molecule has 1 N–H and O–H groups in total. The standard InChI is InChI=1S/C17H37N/c1-6-10-12-16(8-3)14-18(5)15-17(9-4)13-11-7-2/h16-17H,6-15H2,1-5H3/p+1. The largest absolute Gasteiger partial charge is 0.337 e. The molecule has 0 aliphatic carbocycles. The molecular weight excluding hydrogens is 218 g/mol. The average molecular weight is 256 g/mol. The highest BCUT2D eigenvalue weighted by atomic mass is 15.1. The van der Waals surface area contributed by atoms with E-state index in [1.165, 1.54) is 64.5 Å². The lowest BCUT2D eigenvalue weighted by atomic mass is 9.96. The van der Waals surface area contributed by atoms with E-state index in [0.29, 0.717) is 0 Å². The molecule has 0 amide bonds. The van der Waals surface area contributed by atoms with Gasteiger partial charge in [0, 0.05) is 11.8 Å². The summed E-state index contributed by atoms with van der Waals surface area (Å²) in [6.07, 6.45) is 11.1. The van der Waals surface area contributed by atoms with Gasteiger partial charge >= 0.3 is 0 Å². The van der Waals surface area contributed by atoms with E-state index < -0.39 is 0 Å². The van der Waals surface area contributed by atoms with E-state index in [4.69, 9.17) is 0 Å². The molecule has 0 bridgehead atoms. The number of unbranched alkanes of at least 4 members (excludes halogenated alkanes) is 2. The first-order chi connectivity index (χ1) is 8.67. The van der Waals surface area contributed by atoms with Crippen LogP contribution in [0.2, 0.25) is 0 Å². The monoisotopic (exact) mass is 256 g/mol. The Morgan fingerprint density at radius 1 is 0.722 bits per heavy atom. The first-order valence-corrected chi connectivity index (χ1v) is 8.49. The lowest BCUT2D eigenvalue weighted by molar-refractivity contribution is -0.887. The van der Waals surface area contributed by atoms with Crippen molar-refractivity contribution in [2.75, 3.05) is 20.1 Å². The molecule has 18 heavy (non-hydrogen) atoms. The number of nitrogens with one attached hydrogen (secondary N) is 1. The van der Waals surface area contributed by atoms with Gasteiger partial charge in [-0.05, 0) is 25.7 Å². The van der Waals surface area contributed by atoms with Gasteiger partial charge < -0.3 is 4.90 Å². The summed E-state index contributed by atoms with van der Waals surface area (Å²) < 4.78 is 0. The molecular formula is C17H38N+. The van der Waals surface area contributed by atoms with Gasteiger partial charge in [-0.3, -0.25) is 0 Å². The van der Waals surface area contributed by atoms with Crippen molar-refractivity contribution in [2.45, 2.75) is 79.1 Å². The zero-order chi connectivity index (χ0) is 13.8.